The molecule has 2 atom stereocenters. The molecule has 2 unspecified atom stereocenters. The molecule has 0 aromatic carbocycles. The fraction of sp³-hybridized carbons (Fsp3) is 0.909. The van der Waals surface area contributed by atoms with Crippen LogP contribution in [0, 0.1) is 5.92 Å². The van der Waals surface area contributed by atoms with Crippen molar-refractivity contribution in [2.75, 3.05) is 0 Å². The molecule has 0 spiro atoms. The van der Waals surface area contributed by atoms with Crippen LogP contribution in [0.25, 0.3) is 0 Å². The molecule has 1 heterocycles. The lowest BCUT2D eigenvalue weighted by atomic mass is 9.82. The summed E-state index contributed by atoms with van der Waals surface area (Å²) in [6.07, 6.45) is 7.32. The molecule has 0 bridgehead atoms. The molecule has 1 saturated carbocycles. The van der Waals surface area contributed by atoms with E-state index in [0.717, 1.165) is 6.42 Å². The van der Waals surface area contributed by atoms with E-state index in [4.69, 9.17) is 4.74 Å². The van der Waals surface area contributed by atoms with Crippen LogP contribution in [-0.4, -0.2) is 18.2 Å². The zero-order chi connectivity index (χ0) is 9.97. The first kappa shape index (κ1) is 9.81. The highest BCUT2D eigenvalue weighted by molar-refractivity contribution is 5.70. The summed E-state index contributed by atoms with van der Waals surface area (Å²) in [7, 11) is 0. The number of nitrogens with one attached hydrogen (secondary N) is 1. The Morgan fingerprint density at radius 3 is 2.71 bits per heavy atom. The van der Waals surface area contributed by atoms with Crippen LogP contribution in [0.3, 0.4) is 0 Å². The predicted molar refractivity (Wildman–Crippen MR) is 54.1 cm³/mol. The molecule has 80 valence electrons. The molecule has 0 aromatic rings. The summed E-state index contributed by atoms with van der Waals surface area (Å²) in [6, 6.07) is 0.255. The maximum atomic E-state index is 11.1. The molecule has 1 aliphatic heterocycles. The van der Waals surface area contributed by atoms with Gasteiger partial charge in [-0.1, -0.05) is 26.2 Å². The number of alkyl carbamates (subject to hydrolysis) is 1. The molecule has 1 amide bonds. The topological polar surface area (TPSA) is 38.3 Å². The predicted octanol–water partition coefficient (Wildman–Crippen LogP) is 2.45. The summed E-state index contributed by atoms with van der Waals surface area (Å²) in [4.78, 5) is 11.1. The van der Waals surface area contributed by atoms with Gasteiger partial charge in [-0.25, -0.2) is 4.79 Å². The summed E-state index contributed by atoms with van der Waals surface area (Å²) in [5.74, 6) is 0.604. The number of rotatable bonds is 2. The summed E-state index contributed by atoms with van der Waals surface area (Å²) < 4.78 is 5.35. The van der Waals surface area contributed by atoms with E-state index < -0.39 is 0 Å². The van der Waals surface area contributed by atoms with Gasteiger partial charge < -0.3 is 10.1 Å². The summed E-state index contributed by atoms with van der Waals surface area (Å²) in [5.41, 5.74) is 0. The van der Waals surface area contributed by atoms with Gasteiger partial charge in [0.1, 0.15) is 6.10 Å². The van der Waals surface area contributed by atoms with Gasteiger partial charge in [-0.2, -0.15) is 0 Å². The van der Waals surface area contributed by atoms with Crippen LogP contribution in [0.2, 0.25) is 0 Å². The van der Waals surface area contributed by atoms with Crippen molar-refractivity contribution in [3.8, 4) is 0 Å². The zero-order valence-corrected chi connectivity index (χ0v) is 8.79. The van der Waals surface area contributed by atoms with Crippen molar-refractivity contribution in [3.05, 3.63) is 0 Å². The van der Waals surface area contributed by atoms with Crippen molar-refractivity contribution in [2.24, 2.45) is 5.92 Å². The van der Waals surface area contributed by atoms with E-state index >= 15 is 0 Å². The molecular formula is C11H19NO2. The second-order valence-corrected chi connectivity index (χ2v) is 4.43. The standard InChI is InChI=1S/C11H19NO2/c1-2-9-10(14-11(13)12-9)8-6-4-3-5-7-8/h8-10H,2-7H2,1H3,(H,12,13). The smallest absolute Gasteiger partial charge is 0.407 e. The lowest BCUT2D eigenvalue weighted by Gasteiger charge is -2.28. The van der Waals surface area contributed by atoms with Crippen molar-refractivity contribution in [1.82, 2.24) is 5.32 Å². The highest BCUT2D eigenvalue weighted by atomic mass is 16.6. The van der Waals surface area contributed by atoms with E-state index in [-0.39, 0.29) is 18.2 Å². The van der Waals surface area contributed by atoms with E-state index in [2.05, 4.69) is 12.2 Å². The SMILES string of the molecule is CCC1NC(=O)OC1C1CCCCC1. The van der Waals surface area contributed by atoms with E-state index in [9.17, 15) is 4.79 Å². The van der Waals surface area contributed by atoms with Gasteiger partial charge in [0, 0.05) is 0 Å². The third-order valence-electron chi connectivity index (χ3n) is 3.50. The number of amides is 1. The Labute approximate surface area is 85.2 Å². The monoisotopic (exact) mass is 197 g/mol. The van der Waals surface area contributed by atoms with Crippen LogP contribution >= 0.6 is 0 Å². The van der Waals surface area contributed by atoms with Gasteiger partial charge in [0.2, 0.25) is 0 Å². The second kappa shape index (κ2) is 4.20. The van der Waals surface area contributed by atoms with Crippen molar-refractivity contribution in [1.29, 1.82) is 0 Å². The van der Waals surface area contributed by atoms with E-state index in [1.807, 2.05) is 0 Å². The normalized spacial score (nSPS) is 33.9. The minimum absolute atomic E-state index is 0.146. The highest BCUT2D eigenvalue weighted by Crippen LogP contribution is 2.32. The number of carbonyl (C=O) groups excluding carboxylic acids is 1. The van der Waals surface area contributed by atoms with Crippen LogP contribution in [0.5, 0.6) is 0 Å². The van der Waals surface area contributed by atoms with Crippen molar-refractivity contribution >= 4 is 6.09 Å². The lowest BCUT2D eigenvalue weighted by molar-refractivity contribution is 0.0732. The molecule has 0 aromatic heterocycles. The third-order valence-corrected chi connectivity index (χ3v) is 3.50. The molecule has 2 aliphatic rings. The quantitative estimate of drug-likeness (QED) is 0.738. The first-order valence-electron chi connectivity index (χ1n) is 5.78. The van der Waals surface area contributed by atoms with Gasteiger partial charge in [-0.15, -0.1) is 0 Å². The fourth-order valence-electron chi connectivity index (χ4n) is 2.70. The molecule has 14 heavy (non-hydrogen) atoms. The Morgan fingerprint density at radius 2 is 2.07 bits per heavy atom. The van der Waals surface area contributed by atoms with Crippen LogP contribution in [-0.2, 0) is 4.74 Å². The molecule has 1 N–H and O–H groups in total. The molecule has 1 aliphatic carbocycles. The van der Waals surface area contributed by atoms with E-state index in [1.54, 1.807) is 0 Å². The van der Waals surface area contributed by atoms with Crippen molar-refractivity contribution < 1.29 is 9.53 Å². The molecule has 3 heteroatoms. The van der Waals surface area contributed by atoms with Crippen molar-refractivity contribution in [2.45, 2.75) is 57.6 Å². The van der Waals surface area contributed by atoms with Gasteiger partial charge >= 0.3 is 6.09 Å². The molecular weight excluding hydrogens is 178 g/mol. The number of ether oxygens (including phenoxy) is 1. The highest BCUT2D eigenvalue weighted by Gasteiger charge is 2.38. The lowest BCUT2D eigenvalue weighted by Crippen LogP contribution is -2.36. The Morgan fingerprint density at radius 1 is 1.36 bits per heavy atom. The first-order valence-corrected chi connectivity index (χ1v) is 5.78. The Balaban J connectivity index is 1.97. The van der Waals surface area contributed by atoms with Crippen LogP contribution in [0.4, 0.5) is 4.79 Å². The van der Waals surface area contributed by atoms with Gasteiger partial charge in [0.05, 0.1) is 6.04 Å². The summed E-state index contributed by atoms with van der Waals surface area (Å²) >= 11 is 0. The van der Waals surface area contributed by atoms with Crippen LogP contribution in [0.15, 0.2) is 0 Å². The minimum atomic E-state index is -0.215. The van der Waals surface area contributed by atoms with E-state index in [0.29, 0.717) is 5.92 Å². The molecule has 1 saturated heterocycles. The Hall–Kier alpha value is -0.730. The van der Waals surface area contributed by atoms with Gasteiger partial charge in [-0.3, -0.25) is 0 Å². The fourth-order valence-corrected chi connectivity index (χ4v) is 2.70. The van der Waals surface area contributed by atoms with Gasteiger partial charge in [0.25, 0.3) is 0 Å². The number of hydrogen-bond acceptors (Lipinski definition) is 2. The van der Waals surface area contributed by atoms with Gasteiger partial charge in [0.15, 0.2) is 0 Å². The maximum absolute atomic E-state index is 11.1. The maximum Gasteiger partial charge on any atom is 0.407 e. The van der Waals surface area contributed by atoms with Crippen molar-refractivity contribution in [3.63, 3.8) is 0 Å². The number of cyclic esters (lactones) is 1. The third kappa shape index (κ3) is 1.86. The van der Waals surface area contributed by atoms with Crippen LogP contribution < -0.4 is 5.32 Å². The number of hydrogen-bond donors (Lipinski definition) is 1. The average Bonchev–Trinajstić information content (AvgIpc) is 2.61. The van der Waals surface area contributed by atoms with E-state index in [1.165, 1.54) is 32.1 Å². The first-order chi connectivity index (χ1) is 6.81. The second-order valence-electron chi connectivity index (χ2n) is 4.43. The average molecular weight is 197 g/mol. The zero-order valence-electron chi connectivity index (χ0n) is 8.79. The molecule has 0 radical (unpaired) electrons. The summed E-state index contributed by atoms with van der Waals surface area (Å²) in [5, 5.41) is 2.89. The largest absolute Gasteiger partial charge is 0.444 e. The molecule has 2 rings (SSSR count). The van der Waals surface area contributed by atoms with Crippen LogP contribution in [0.1, 0.15) is 45.4 Å². The Bertz CT molecular complexity index is 211. The minimum Gasteiger partial charge on any atom is -0.444 e. The molecule has 3 nitrogen and oxygen atoms in total. The van der Waals surface area contributed by atoms with Gasteiger partial charge in [-0.05, 0) is 25.2 Å². The number of carbonyl (C=O) groups is 1. The summed E-state index contributed by atoms with van der Waals surface area (Å²) in [6.45, 7) is 2.11. The Kier molecular flexibility index (Phi) is 2.94. The molecule has 2 fully saturated rings.